The third kappa shape index (κ3) is 5.33. The third-order valence-corrected chi connectivity index (χ3v) is 3.46. The Morgan fingerprint density at radius 2 is 2.11 bits per heavy atom. The van der Waals surface area contributed by atoms with Gasteiger partial charge in [0.15, 0.2) is 6.10 Å². The maximum Gasteiger partial charge on any atom is 0.332 e. The summed E-state index contributed by atoms with van der Waals surface area (Å²) < 4.78 is 10.4. The molecule has 1 rings (SSSR count). The summed E-state index contributed by atoms with van der Waals surface area (Å²) in [5, 5.41) is 8.99. The van der Waals surface area contributed by atoms with Crippen molar-refractivity contribution in [1.29, 1.82) is 0 Å². The zero-order valence-corrected chi connectivity index (χ0v) is 11.4. The number of carboxylic acids is 1. The number of methoxy groups -OCH3 is 1. The van der Waals surface area contributed by atoms with Gasteiger partial charge in [0.05, 0.1) is 0 Å². The lowest BCUT2D eigenvalue weighted by molar-refractivity contribution is -0.150. The normalized spacial score (nSPS) is 19.9. The second-order valence-electron chi connectivity index (χ2n) is 4.81. The molecular formula is C13H25NO4. The van der Waals surface area contributed by atoms with Crippen molar-refractivity contribution in [3.63, 3.8) is 0 Å². The van der Waals surface area contributed by atoms with Crippen molar-refractivity contribution in [3.05, 3.63) is 0 Å². The largest absolute Gasteiger partial charge is 0.479 e. The predicted octanol–water partition coefficient (Wildman–Crippen LogP) is 1.22. The number of carbonyl (C=O) groups is 1. The zero-order chi connectivity index (χ0) is 13.4. The van der Waals surface area contributed by atoms with Crippen LogP contribution in [0.4, 0.5) is 0 Å². The maximum atomic E-state index is 10.9. The summed E-state index contributed by atoms with van der Waals surface area (Å²) in [5.74, 6) is -0.195. The van der Waals surface area contributed by atoms with Gasteiger partial charge in [-0.05, 0) is 45.2 Å². The SMILES string of the molecule is CCOC(CCN1CCC(COC)CC1)C(=O)O. The summed E-state index contributed by atoms with van der Waals surface area (Å²) >= 11 is 0. The van der Waals surface area contributed by atoms with Crippen LogP contribution in [0.3, 0.4) is 0 Å². The van der Waals surface area contributed by atoms with Gasteiger partial charge in [0, 0.05) is 26.9 Å². The molecule has 0 radical (unpaired) electrons. The van der Waals surface area contributed by atoms with Crippen molar-refractivity contribution in [2.75, 3.05) is 40.0 Å². The molecule has 0 aromatic heterocycles. The topological polar surface area (TPSA) is 59.0 Å². The average Bonchev–Trinajstić information content (AvgIpc) is 2.36. The number of ether oxygens (including phenoxy) is 2. The molecule has 5 heteroatoms. The molecule has 1 unspecified atom stereocenters. The summed E-state index contributed by atoms with van der Waals surface area (Å²) in [6.07, 6.45) is 2.19. The molecular weight excluding hydrogens is 234 g/mol. The molecule has 0 saturated carbocycles. The van der Waals surface area contributed by atoms with E-state index in [9.17, 15) is 4.79 Å². The molecule has 0 aliphatic carbocycles. The maximum absolute atomic E-state index is 10.9. The van der Waals surface area contributed by atoms with Crippen LogP contribution in [-0.4, -0.2) is 62.0 Å². The van der Waals surface area contributed by atoms with E-state index in [2.05, 4.69) is 4.90 Å². The first kappa shape index (κ1) is 15.4. The van der Waals surface area contributed by atoms with Gasteiger partial charge in [0.1, 0.15) is 0 Å². The summed E-state index contributed by atoms with van der Waals surface area (Å²) in [6, 6.07) is 0. The van der Waals surface area contributed by atoms with Gasteiger partial charge in [-0.2, -0.15) is 0 Å². The highest BCUT2D eigenvalue weighted by Gasteiger charge is 2.22. The van der Waals surface area contributed by atoms with Crippen molar-refractivity contribution in [3.8, 4) is 0 Å². The van der Waals surface area contributed by atoms with E-state index in [1.54, 1.807) is 7.11 Å². The van der Waals surface area contributed by atoms with Crippen LogP contribution in [0, 0.1) is 5.92 Å². The first-order chi connectivity index (χ1) is 8.67. The van der Waals surface area contributed by atoms with E-state index in [0.29, 0.717) is 18.9 Å². The van der Waals surface area contributed by atoms with E-state index in [0.717, 1.165) is 39.1 Å². The van der Waals surface area contributed by atoms with Gasteiger partial charge in [0.25, 0.3) is 0 Å². The van der Waals surface area contributed by atoms with Gasteiger partial charge in [0.2, 0.25) is 0 Å². The zero-order valence-electron chi connectivity index (χ0n) is 11.4. The number of aliphatic carboxylic acids is 1. The van der Waals surface area contributed by atoms with Crippen molar-refractivity contribution in [2.24, 2.45) is 5.92 Å². The minimum absolute atomic E-state index is 0.451. The molecule has 0 bridgehead atoms. The number of likely N-dealkylation sites (tertiary alicyclic amines) is 1. The van der Waals surface area contributed by atoms with Gasteiger partial charge in [-0.3, -0.25) is 0 Å². The summed E-state index contributed by atoms with van der Waals surface area (Å²) in [4.78, 5) is 13.3. The van der Waals surface area contributed by atoms with Crippen molar-refractivity contribution in [2.45, 2.75) is 32.3 Å². The van der Waals surface area contributed by atoms with Crippen molar-refractivity contribution in [1.82, 2.24) is 4.90 Å². The molecule has 1 aliphatic rings. The van der Waals surface area contributed by atoms with Crippen molar-refractivity contribution >= 4 is 5.97 Å². The molecule has 106 valence electrons. The highest BCUT2D eigenvalue weighted by Crippen LogP contribution is 2.17. The van der Waals surface area contributed by atoms with Gasteiger partial charge in [-0.1, -0.05) is 0 Å². The van der Waals surface area contributed by atoms with Gasteiger partial charge >= 0.3 is 5.97 Å². The molecule has 18 heavy (non-hydrogen) atoms. The van der Waals surface area contributed by atoms with E-state index in [-0.39, 0.29) is 0 Å². The van der Waals surface area contributed by atoms with Gasteiger partial charge in [-0.15, -0.1) is 0 Å². The fraction of sp³-hybridized carbons (Fsp3) is 0.923. The average molecular weight is 259 g/mol. The highest BCUT2D eigenvalue weighted by molar-refractivity contribution is 5.72. The first-order valence-corrected chi connectivity index (χ1v) is 6.73. The molecule has 1 heterocycles. The monoisotopic (exact) mass is 259 g/mol. The number of rotatable bonds is 8. The number of hydrogen-bond donors (Lipinski definition) is 1. The Bertz CT molecular complexity index is 239. The molecule has 1 N–H and O–H groups in total. The molecule has 0 amide bonds. The minimum atomic E-state index is -0.855. The van der Waals surface area contributed by atoms with Crippen LogP contribution in [0.15, 0.2) is 0 Å². The van der Waals surface area contributed by atoms with E-state index >= 15 is 0 Å². The minimum Gasteiger partial charge on any atom is -0.479 e. The Hall–Kier alpha value is -0.650. The lowest BCUT2D eigenvalue weighted by Gasteiger charge is -2.32. The van der Waals surface area contributed by atoms with E-state index < -0.39 is 12.1 Å². The van der Waals surface area contributed by atoms with Gasteiger partial charge in [-0.25, -0.2) is 4.79 Å². The Morgan fingerprint density at radius 1 is 1.44 bits per heavy atom. The Labute approximate surface area is 109 Å². The summed E-state index contributed by atoms with van der Waals surface area (Å²) in [5.41, 5.74) is 0. The Kier molecular flexibility index (Phi) is 7.23. The van der Waals surface area contributed by atoms with Crippen LogP contribution in [0.25, 0.3) is 0 Å². The Balaban J connectivity index is 2.21. The fourth-order valence-electron chi connectivity index (χ4n) is 2.39. The lowest BCUT2D eigenvalue weighted by atomic mass is 9.97. The second kappa shape index (κ2) is 8.45. The molecule has 1 atom stereocenters. The second-order valence-corrected chi connectivity index (χ2v) is 4.81. The van der Waals surface area contributed by atoms with E-state index in [4.69, 9.17) is 14.6 Å². The molecule has 0 aromatic rings. The molecule has 1 saturated heterocycles. The predicted molar refractivity (Wildman–Crippen MR) is 68.7 cm³/mol. The summed E-state index contributed by atoms with van der Waals surface area (Å²) in [6.45, 7) is 5.99. The van der Waals surface area contributed by atoms with Crippen LogP contribution in [0.5, 0.6) is 0 Å². The standard InChI is InChI=1S/C13H25NO4/c1-3-18-12(13(15)16)6-9-14-7-4-11(5-8-14)10-17-2/h11-12H,3-10H2,1-2H3,(H,15,16). The van der Waals surface area contributed by atoms with Crippen molar-refractivity contribution < 1.29 is 19.4 Å². The highest BCUT2D eigenvalue weighted by atomic mass is 16.5. The van der Waals surface area contributed by atoms with E-state index in [1.165, 1.54) is 0 Å². The number of hydrogen-bond acceptors (Lipinski definition) is 4. The smallest absolute Gasteiger partial charge is 0.332 e. The molecule has 1 aliphatic heterocycles. The van der Waals surface area contributed by atoms with Crippen LogP contribution in [0.1, 0.15) is 26.2 Å². The molecule has 0 spiro atoms. The van der Waals surface area contributed by atoms with E-state index in [1.807, 2.05) is 6.92 Å². The first-order valence-electron chi connectivity index (χ1n) is 6.73. The molecule has 1 fully saturated rings. The van der Waals surface area contributed by atoms with Crippen LogP contribution >= 0.6 is 0 Å². The number of carboxylic acid groups (broad SMARTS) is 1. The van der Waals surface area contributed by atoms with Gasteiger partial charge < -0.3 is 19.5 Å². The molecule has 5 nitrogen and oxygen atoms in total. The van der Waals surface area contributed by atoms with Crippen LogP contribution in [-0.2, 0) is 14.3 Å². The third-order valence-electron chi connectivity index (χ3n) is 3.46. The van der Waals surface area contributed by atoms with Crippen LogP contribution in [0.2, 0.25) is 0 Å². The fourth-order valence-corrected chi connectivity index (χ4v) is 2.39. The number of nitrogens with zero attached hydrogens (tertiary/aromatic N) is 1. The summed E-state index contributed by atoms with van der Waals surface area (Å²) in [7, 11) is 1.74. The van der Waals surface area contributed by atoms with Crippen LogP contribution < -0.4 is 0 Å². The Morgan fingerprint density at radius 3 is 2.61 bits per heavy atom. The number of piperidine rings is 1. The molecule has 0 aromatic carbocycles. The quantitative estimate of drug-likeness (QED) is 0.710. The lowest BCUT2D eigenvalue weighted by Crippen LogP contribution is -2.38.